The quantitative estimate of drug-likeness (QED) is 0.668. The van der Waals surface area contributed by atoms with E-state index in [0.29, 0.717) is 12.3 Å². The molecule has 2 aromatic heterocycles. The molecule has 0 N–H and O–H groups in total. The van der Waals surface area contributed by atoms with E-state index in [0.717, 1.165) is 28.4 Å². The number of aromatic nitrogens is 2. The monoisotopic (exact) mass is 304 g/mol. The zero-order chi connectivity index (χ0) is 14.8. The number of nitrogens with zero attached hydrogens (tertiary/aromatic N) is 2. The van der Waals surface area contributed by atoms with Gasteiger partial charge < -0.3 is 13.7 Å². The number of hydrogen-bond donors (Lipinski definition) is 0. The van der Waals surface area contributed by atoms with Gasteiger partial charge in [0.05, 0.1) is 30.4 Å². The van der Waals surface area contributed by atoms with Crippen molar-refractivity contribution in [2.75, 3.05) is 13.0 Å². The fraction of sp³-hybridized carbons (Fsp3) is 0.312. The van der Waals surface area contributed by atoms with E-state index >= 15 is 0 Å². The lowest BCUT2D eigenvalue weighted by molar-refractivity contribution is 0.415. The Hall–Kier alpha value is -1.94. The maximum absolute atomic E-state index is 5.92. The first-order chi connectivity index (χ1) is 10.2. The van der Waals surface area contributed by atoms with Crippen molar-refractivity contribution in [3.8, 4) is 5.75 Å². The van der Waals surface area contributed by atoms with Gasteiger partial charge in [-0.05, 0) is 31.2 Å². The van der Waals surface area contributed by atoms with Crippen LogP contribution in [-0.2, 0) is 6.42 Å². The van der Waals surface area contributed by atoms with Gasteiger partial charge >= 0.3 is 0 Å². The van der Waals surface area contributed by atoms with Crippen molar-refractivity contribution in [3.63, 3.8) is 0 Å². The van der Waals surface area contributed by atoms with Crippen LogP contribution in [0.5, 0.6) is 5.75 Å². The molecule has 1 unspecified atom stereocenters. The molecule has 0 saturated heterocycles. The molecule has 2 heterocycles. The average Bonchev–Trinajstić information content (AvgIpc) is 3.13. The van der Waals surface area contributed by atoms with Gasteiger partial charge in [-0.3, -0.25) is 0 Å². The number of aryl methyl sites for hydroxylation is 1. The molecule has 5 heteroatoms. The Morgan fingerprint density at radius 3 is 2.90 bits per heavy atom. The molecule has 21 heavy (non-hydrogen) atoms. The van der Waals surface area contributed by atoms with Crippen molar-refractivity contribution in [2.24, 2.45) is 0 Å². The maximum atomic E-state index is 5.92. The molecular weight excluding hydrogens is 288 g/mol. The van der Waals surface area contributed by atoms with Crippen LogP contribution >= 0.6 is 11.6 Å². The Morgan fingerprint density at radius 1 is 1.38 bits per heavy atom. The summed E-state index contributed by atoms with van der Waals surface area (Å²) in [4.78, 5) is 4.70. The fourth-order valence-electron chi connectivity index (χ4n) is 2.60. The number of hydrogen-bond acceptors (Lipinski definition) is 3. The van der Waals surface area contributed by atoms with E-state index in [1.54, 1.807) is 13.4 Å². The predicted octanol–water partition coefficient (Wildman–Crippen LogP) is 4.03. The second kappa shape index (κ2) is 5.82. The number of benzene rings is 1. The van der Waals surface area contributed by atoms with Crippen LogP contribution in [0.1, 0.15) is 24.6 Å². The van der Waals surface area contributed by atoms with E-state index in [-0.39, 0.29) is 6.04 Å². The van der Waals surface area contributed by atoms with Gasteiger partial charge in [0.25, 0.3) is 0 Å². The number of rotatable bonds is 5. The molecule has 3 rings (SSSR count). The van der Waals surface area contributed by atoms with Crippen LogP contribution in [0.4, 0.5) is 0 Å². The number of imidazole rings is 1. The zero-order valence-corrected chi connectivity index (χ0v) is 12.8. The van der Waals surface area contributed by atoms with Crippen LogP contribution in [-0.4, -0.2) is 22.5 Å². The highest BCUT2D eigenvalue weighted by Crippen LogP contribution is 2.28. The Balaban J connectivity index is 2.16. The highest BCUT2D eigenvalue weighted by atomic mass is 35.5. The molecule has 0 saturated carbocycles. The fourth-order valence-corrected chi connectivity index (χ4v) is 2.77. The largest absolute Gasteiger partial charge is 0.497 e. The lowest BCUT2D eigenvalue weighted by Gasteiger charge is -2.15. The second-order valence-corrected chi connectivity index (χ2v) is 5.26. The molecule has 110 valence electrons. The molecule has 0 radical (unpaired) electrons. The van der Waals surface area contributed by atoms with Crippen molar-refractivity contribution < 1.29 is 9.15 Å². The van der Waals surface area contributed by atoms with Gasteiger partial charge in [-0.2, -0.15) is 0 Å². The van der Waals surface area contributed by atoms with Crippen molar-refractivity contribution in [1.82, 2.24) is 9.55 Å². The van der Waals surface area contributed by atoms with Crippen LogP contribution in [0.3, 0.4) is 0 Å². The summed E-state index contributed by atoms with van der Waals surface area (Å²) in [6, 6.07) is 9.85. The summed E-state index contributed by atoms with van der Waals surface area (Å²) in [6.45, 7) is 2.10. The number of furan rings is 1. The molecule has 0 aliphatic heterocycles. The highest BCUT2D eigenvalue weighted by Gasteiger charge is 2.19. The van der Waals surface area contributed by atoms with E-state index in [2.05, 4.69) is 11.5 Å². The van der Waals surface area contributed by atoms with Crippen LogP contribution in [0.25, 0.3) is 11.0 Å². The van der Waals surface area contributed by atoms with Crippen LogP contribution in [0.15, 0.2) is 41.0 Å². The number of halogens is 1. The number of fused-ring (bicyclic) bond motifs is 1. The molecule has 1 aromatic carbocycles. The second-order valence-electron chi connectivity index (χ2n) is 4.88. The van der Waals surface area contributed by atoms with Crippen LogP contribution in [0.2, 0.25) is 0 Å². The van der Waals surface area contributed by atoms with Crippen molar-refractivity contribution in [2.45, 2.75) is 19.4 Å². The summed E-state index contributed by atoms with van der Waals surface area (Å²) in [6.07, 6.45) is 2.40. The number of methoxy groups -OCH3 is 1. The highest BCUT2D eigenvalue weighted by molar-refractivity contribution is 6.17. The van der Waals surface area contributed by atoms with Gasteiger partial charge in [0, 0.05) is 18.4 Å². The zero-order valence-electron chi connectivity index (χ0n) is 12.0. The first-order valence-corrected chi connectivity index (χ1v) is 7.42. The molecule has 1 atom stereocenters. The van der Waals surface area contributed by atoms with Crippen LogP contribution < -0.4 is 4.74 Å². The summed E-state index contributed by atoms with van der Waals surface area (Å²) in [5, 5.41) is 0. The lowest BCUT2D eigenvalue weighted by Crippen LogP contribution is -2.10. The van der Waals surface area contributed by atoms with Gasteiger partial charge in [-0.15, -0.1) is 11.6 Å². The first kappa shape index (κ1) is 14.0. The average molecular weight is 305 g/mol. The number of ether oxygens (including phenoxy) is 1. The molecule has 0 aliphatic carbocycles. The third-order valence-corrected chi connectivity index (χ3v) is 3.82. The minimum absolute atomic E-state index is 0.0663. The van der Waals surface area contributed by atoms with Crippen LogP contribution in [0, 0.1) is 0 Å². The molecule has 0 aliphatic rings. The topological polar surface area (TPSA) is 40.2 Å². The molecule has 0 amide bonds. The third kappa shape index (κ3) is 2.51. The minimum atomic E-state index is 0.0663. The van der Waals surface area contributed by atoms with E-state index in [4.69, 9.17) is 25.7 Å². The van der Waals surface area contributed by atoms with E-state index in [1.165, 1.54) is 0 Å². The standard InChI is InChI=1S/C16H17ClN2O2/c1-11(15-4-3-9-21-15)19-14-6-5-12(20-2)10-13(14)18-16(19)7-8-17/h3-6,9-11H,7-8H2,1-2H3. The van der Waals surface area contributed by atoms with Gasteiger partial charge in [-0.25, -0.2) is 4.98 Å². The Bertz CT molecular complexity index is 734. The predicted molar refractivity (Wildman–Crippen MR) is 83.2 cm³/mol. The summed E-state index contributed by atoms with van der Waals surface area (Å²) in [5.74, 6) is 3.19. The minimum Gasteiger partial charge on any atom is -0.497 e. The number of alkyl halides is 1. The molecule has 0 bridgehead atoms. The third-order valence-electron chi connectivity index (χ3n) is 3.63. The van der Waals surface area contributed by atoms with Crippen molar-refractivity contribution in [1.29, 1.82) is 0 Å². The maximum Gasteiger partial charge on any atom is 0.126 e. The van der Waals surface area contributed by atoms with Gasteiger partial charge in [0.2, 0.25) is 0 Å². The normalized spacial score (nSPS) is 12.7. The smallest absolute Gasteiger partial charge is 0.126 e. The SMILES string of the molecule is COc1ccc2c(c1)nc(CCCl)n2C(C)c1ccco1. The Kier molecular flexibility index (Phi) is 3.88. The first-order valence-electron chi connectivity index (χ1n) is 6.89. The summed E-state index contributed by atoms with van der Waals surface area (Å²) in [7, 11) is 1.66. The Morgan fingerprint density at radius 2 is 2.24 bits per heavy atom. The van der Waals surface area contributed by atoms with E-state index in [9.17, 15) is 0 Å². The molecule has 0 spiro atoms. The summed E-state index contributed by atoms with van der Waals surface area (Å²) < 4.78 is 13.0. The lowest BCUT2D eigenvalue weighted by atomic mass is 10.2. The molecule has 3 aromatic rings. The van der Waals surface area contributed by atoms with E-state index in [1.807, 2.05) is 30.3 Å². The summed E-state index contributed by atoms with van der Waals surface area (Å²) in [5.41, 5.74) is 1.97. The van der Waals surface area contributed by atoms with Crippen molar-refractivity contribution in [3.05, 3.63) is 48.2 Å². The molecule has 4 nitrogen and oxygen atoms in total. The van der Waals surface area contributed by atoms with Gasteiger partial charge in [0.15, 0.2) is 0 Å². The van der Waals surface area contributed by atoms with Gasteiger partial charge in [-0.1, -0.05) is 0 Å². The van der Waals surface area contributed by atoms with E-state index < -0.39 is 0 Å². The van der Waals surface area contributed by atoms with Gasteiger partial charge in [0.1, 0.15) is 17.3 Å². The van der Waals surface area contributed by atoms with Crippen molar-refractivity contribution >= 4 is 22.6 Å². The molecule has 0 fully saturated rings. The molecular formula is C16H17ClN2O2. The summed E-state index contributed by atoms with van der Waals surface area (Å²) >= 11 is 5.92. The Labute approximate surface area is 128 Å².